The maximum absolute atomic E-state index is 12.2. The number of hydrogen-bond acceptors (Lipinski definition) is 3. The average molecular weight is 289 g/mol. The minimum absolute atomic E-state index is 0.0838. The molecule has 0 unspecified atom stereocenters. The summed E-state index contributed by atoms with van der Waals surface area (Å²) in [5.74, 6) is 0.559. The van der Waals surface area contributed by atoms with E-state index in [9.17, 15) is 4.79 Å². The van der Waals surface area contributed by atoms with Crippen molar-refractivity contribution in [2.45, 2.75) is 26.2 Å². The number of amides is 1. The Bertz CT molecular complexity index is 473. The van der Waals surface area contributed by atoms with E-state index >= 15 is 0 Å². The fraction of sp³-hybridized carbons (Fsp3) is 0.588. The summed E-state index contributed by atoms with van der Waals surface area (Å²) in [5, 5.41) is 3.02. The number of anilines is 1. The predicted molar refractivity (Wildman–Crippen MR) is 87.7 cm³/mol. The molecule has 4 heteroatoms. The summed E-state index contributed by atoms with van der Waals surface area (Å²) in [6.07, 6.45) is 1.13. The van der Waals surface area contributed by atoms with Crippen molar-refractivity contribution < 1.29 is 4.79 Å². The van der Waals surface area contributed by atoms with Crippen LogP contribution in [0, 0.1) is 0 Å². The predicted octanol–water partition coefficient (Wildman–Crippen LogP) is 2.39. The van der Waals surface area contributed by atoms with Crippen LogP contribution in [0.3, 0.4) is 0 Å². The molecule has 1 fully saturated rings. The average Bonchev–Trinajstić information content (AvgIpc) is 2.64. The topological polar surface area (TPSA) is 35.6 Å². The second-order valence-electron chi connectivity index (χ2n) is 6.26. The Labute approximate surface area is 128 Å². The molecule has 0 aliphatic carbocycles. The molecule has 1 saturated heterocycles. The highest BCUT2D eigenvalue weighted by molar-refractivity contribution is 5.92. The molecular weight excluding hydrogens is 262 g/mol. The van der Waals surface area contributed by atoms with E-state index in [1.165, 1.54) is 5.56 Å². The number of carbonyl (C=O) groups excluding carboxylic acids is 1. The third-order valence-electron chi connectivity index (χ3n) is 4.02. The van der Waals surface area contributed by atoms with Crippen LogP contribution in [0.4, 0.5) is 5.69 Å². The lowest BCUT2D eigenvalue weighted by atomic mass is 10.0. The first kappa shape index (κ1) is 16.0. The zero-order valence-electron chi connectivity index (χ0n) is 13.4. The Morgan fingerprint density at radius 2 is 2.05 bits per heavy atom. The Morgan fingerprint density at radius 1 is 1.24 bits per heavy atom. The van der Waals surface area contributed by atoms with Gasteiger partial charge in [-0.25, -0.2) is 0 Å². The highest BCUT2D eigenvalue weighted by Crippen LogP contribution is 2.18. The number of nitrogens with zero attached hydrogens (tertiary/aromatic N) is 2. The first-order valence-electron chi connectivity index (χ1n) is 7.85. The highest BCUT2D eigenvalue weighted by Gasteiger charge is 2.15. The minimum atomic E-state index is 0.0838. The van der Waals surface area contributed by atoms with Crippen LogP contribution in [0.2, 0.25) is 0 Å². The molecule has 0 atom stereocenters. The maximum Gasteiger partial charge on any atom is 0.238 e. The fourth-order valence-corrected chi connectivity index (χ4v) is 2.64. The van der Waals surface area contributed by atoms with E-state index < -0.39 is 0 Å². The smallest absolute Gasteiger partial charge is 0.238 e. The van der Waals surface area contributed by atoms with E-state index in [0.29, 0.717) is 12.5 Å². The van der Waals surface area contributed by atoms with Gasteiger partial charge in [-0.1, -0.05) is 26.0 Å². The van der Waals surface area contributed by atoms with Gasteiger partial charge in [-0.15, -0.1) is 0 Å². The van der Waals surface area contributed by atoms with Crippen molar-refractivity contribution in [1.29, 1.82) is 0 Å². The molecular formula is C17H27N3O. The van der Waals surface area contributed by atoms with Crippen molar-refractivity contribution in [1.82, 2.24) is 9.80 Å². The third kappa shape index (κ3) is 5.14. The highest BCUT2D eigenvalue weighted by atomic mass is 16.2. The Morgan fingerprint density at radius 3 is 2.81 bits per heavy atom. The number of hydrogen-bond donors (Lipinski definition) is 1. The summed E-state index contributed by atoms with van der Waals surface area (Å²) >= 11 is 0. The van der Waals surface area contributed by atoms with E-state index in [2.05, 4.69) is 48.1 Å². The number of benzene rings is 1. The van der Waals surface area contributed by atoms with Crippen LogP contribution in [0.25, 0.3) is 0 Å². The van der Waals surface area contributed by atoms with E-state index in [1.807, 2.05) is 12.1 Å². The Hall–Kier alpha value is -1.39. The van der Waals surface area contributed by atoms with Crippen molar-refractivity contribution in [3.8, 4) is 0 Å². The normalized spacial score (nSPS) is 17.7. The van der Waals surface area contributed by atoms with Crippen molar-refractivity contribution in [3.05, 3.63) is 29.8 Å². The van der Waals surface area contributed by atoms with Crippen molar-refractivity contribution in [2.24, 2.45) is 0 Å². The summed E-state index contributed by atoms with van der Waals surface area (Å²) in [6.45, 7) is 8.94. The van der Waals surface area contributed by atoms with Crippen LogP contribution in [0.15, 0.2) is 24.3 Å². The van der Waals surface area contributed by atoms with Gasteiger partial charge < -0.3 is 10.2 Å². The van der Waals surface area contributed by atoms with Crippen LogP contribution in [0.1, 0.15) is 31.7 Å². The summed E-state index contributed by atoms with van der Waals surface area (Å²) in [6, 6.07) is 8.13. The Balaban J connectivity index is 1.88. The SMILES string of the molecule is CC(C)c1cccc(NC(=O)CN2CCCN(C)CC2)c1. The summed E-state index contributed by atoms with van der Waals surface area (Å²) in [7, 11) is 2.14. The van der Waals surface area contributed by atoms with Gasteiger partial charge in [0, 0.05) is 18.8 Å². The van der Waals surface area contributed by atoms with Gasteiger partial charge >= 0.3 is 0 Å². The van der Waals surface area contributed by atoms with Gasteiger partial charge in [0.2, 0.25) is 5.91 Å². The molecule has 116 valence electrons. The second kappa shape index (κ2) is 7.57. The lowest BCUT2D eigenvalue weighted by molar-refractivity contribution is -0.117. The molecule has 1 aliphatic heterocycles. The molecule has 1 aliphatic rings. The molecule has 0 radical (unpaired) electrons. The van der Waals surface area contributed by atoms with Gasteiger partial charge in [-0.3, -0.25) is 9.69 Å². The zero-order chi connectivity index (χ0) is 15.2. The first-order chi connectivity index (χ1) is 10.0. The molecule has 1 aromatic carbocycles. The third-order valence-corrected chi connectivity index (χ3v) is 4.02. The van der Waals surface area contributed by atoms with Gasteiger partial charge in [0.1, 0.15) is 0 Å². The van der Waals surface area contributed by atoms with Gasteiger partial charge in [-0.05, 0) is 50.2 Å². The minimum Gasteiger partial charge on any atom is -0.325 e. The lowest BCUT2D eigenvalue weighted by Crippen LogP contribution is -2.35. The van der Waals surface area contributed by atoms with Gasteiger partial charge in [0.25, 0.3) is 0 Å². The van der Waals surface area contributed by atoms with Crippen molar-refractivity contribution in [2.75, 3.05) is 45.1 Å². The fourth-order valence-electron chi connectivity index (χ4n) is 2.64. The summed E-state index contributed by atoms with van der Waals surface area (Å²) in [4.78, 5) is 16.8. The molecule has 1 N–H and O–H groups in total. The number of nitrogens with one attached hydrogen (secondary N) is 1. The van der Waals surface area contributed by atoms with E-state index in [-0.39, 0.29) is 5.91 Å². The van der Waals surface area contributed by atoms with Crippen LogP contribution >= 0.6 is 0 Å². The summed E-state index contributed by atoms with van der Waals surface area (Å²) in [5.41, 5.74) is 2.15. The zero-order valence-corrected chi connectivity index (χ0v) is 13.4. The van der Waals surface area contributed by atoms with Gasteiger partial charge in [0.15, 0.2) is 0 Å². The van der Waals surface area contributed by atoms with Crippen molar-refractivity contribution >= 4 is 11.6 Å². The quantitative estimate of drug-likeness (QED) is 0.924. The van der Waals surface area contributed by atoms with Crippen LogP contribution < -0.4 is 5.32 Å². The van der Waals surface area contributed by atoms with E-state index in [4.69, 9.17) is 0 Å². The number of rotatable bonds is 4. The lowest BCUT2D eigenvalue weighted by Gasteiger charge is -2.19. The summed E-state index contributed by atoms with van der Waals surface area (Å²) < 4.78 is 0. The Kier molecular flexibility index (Phi) is 5.76. The van der Waals surface area contributed by atoms with E-state index in [0.717, 1.165) is 38.3 Å². The molecule has 0 bridgehead atoms. The van der Waals surface area contributed by atoms with Crippen LogP contribution in [0.5, 0.6) is 0 Å². The van der Waals surface area contributed by atoms with Crippen LogP contribution in [-0.2, 0) is 4.79 Å². The molecule has 0 saturated carbocycles. The molecule has 1 amide bonds. The largest absolute Gasteiger partial charge is 0.325 e. The molecule has 4 nitrogen and oxygen atoms in total. The molecule has 0 aromatic heterocycles. The molecule has 0 spiro atoms. The number of likely N-dealkylation sites (N-methyl/N-ethyl adjacent to an activating group) is 1. The van der Waals surface area contributed by atoms with E-state index in [1.54, 1.807) is 0 Å². The molecule has 1 aromatic rings. The standard InChI is InChI=1S/C17H27N3O/c1-14(2)15-6-4-7-16(12-15)18-17(21)13-20-9-5-8-19(3)10-11-20/h4,6-7,12,14H,5,8-11,13H2,1-3H3,(H,18,21). The maximum atomic E-state index is 12.2. The van der Waals surface area contributed by atoms with Crippen LogP contribution in [-0.4, -0.2) is 55.5 Å². The van der Waals surface area contributed by atoms with Gasteiger partial charge in [-0.2, -0.15) is 0 Å². The first-order valence-corrected chi connectivity index (χ1v) is 7.85. The molecule has 1 heterocycles. The molecule has 2 rings (SSSR count). The number of carbonyl (C=O) groups is 1. The van der Waals surface area contributed by atoms with Gasteiger partial charge in [0.05, 0.1) is 6.54 Å². The van der Waals surface area contributed by atoms with Crippen molar-refractivity contribution in [3.63, 3.8) is 0 Å². The monoisotopic (exact) mass is 289 g/mol. The second-order valence-corrected chi connectivity index (χ2v) is 6.26. The molecule has 21 heavy (non-hydrogen) atoms.